The number of fused-ring (bicyclic) bond motifs is 2. The molecule has 2 N–H and O–H groups in total. The molecule has 2 aromatic carbocycles. The molecule has 2 saturated carbocycles. The van der Waals surface area contributed by atoms with Crippen LogP contribution in [0.4, 0.5) is 0 Å². The van der Waals surface area contributed by atoms with Gasteiger partial charge in [-0.15, -0.1) is 0 Å². The molecular formula is C29H33NO6. The highest BCUT2D eigenvalue weighted by Crippen LogP contribution is 2.44. The lowest BCUT2D eigenvalue weighted by Gasteiger charge is -2.31. The molecule has 0 saturated heterocycles. The Morgan fingerprint density at radius 2 is 1.75 bits per heavy atom. The minimum absolute atomic E-state index is 0.00478. The molecule has 1 amide bonds. The van der Waals surface area contributed by atoms with E-state index in [2.05, 4.69) is 5.32 Å². The van der Waals surface area contributed by atoms with Gasteiger partial charge in [-0.05, 0) is 66.0 Å². The van der Waals surface area contributed by atoms with E-state index in [0.29, 0.717) is 24.5 Å². The van der Waals surface area contributed by atoms with Gasteiger partial charge in [-0.25, -0.2) is 4.79 Å². The fourth-order valence-corrected chi connectivity index (χ4v) is 5.73. The van der Waals surface area contributed by atoms with E-state index in [1.807, 2.05) is 42.5 Å². The first-order valence-electron chi connectivity index (χ1n) is 12.7. The number of ether oxygens (including phenoxy) is 3. The van der Waals surface area contributed by atoms with Gasteiger partial charge in [0.05, 0.1) is 25.9 Å². The number of allylic oxidation sites excluding steroid dienone is 1. The number of benzene rings is 2. The van der Waals surface area contributed by atoms with Gasteiger partial charge in [0.15, 0.2) is 5.76 Å². The molecule has 0 aromatic heterocycles. The van der Waals surface area contributed by atoms with Gasteiger partial charge in [-0.1, -0.05) is 42.8 Å². The van der Waals surface area contributed by atoms with Gasteiger partial charge < -0.3 is 24.6 Å². The van der Waals surface area contributed by atoms with Crippen molar-refractivity contribution in [2.24, 2.45) is 11.8 Å². The van der Waals surface area contributed by atoms with E-state index in [9.17, 15) is 14.7 Å². The van der Waals surface area contributed by atoms with Crippen molar-refractivity contribution in [1.29, 1.82) is 0 Å². The molecule has 2 bridgehead atoms. The number of aliphatic hydroxyl groups excluding tert-OH is 1. The quantitative estimate of drug-likeness (QED) is 0.538. The summed E-state index contributed by atoms with van der Waals surface area (Å²) < 4.78 is 16.9. The predicted octanol–water partition coefficient (Wildman–Crippen LogP) is 4.20. The van der Waals surface area contributed by atoms with Crippen LogP contribution in [0.1, 0.15) is 65.1 Å². The lowest BCUT2D eigenvalue weighted by Crippen LogP contribution is -2.41. The smallest absolute Gasteiger partial charge is 0.337 e. The first-order valence-corrected chi connectivity index (χ1v) is 12.7. The number of amides is 1. The van der Waals surface area contributed by atoms with Crippen LogP contribution in [0, 0.1) is 11.8 Å². The fourth-order valence-electron chi connectivity index (χ4n) is 5.73. The molecule has 0 radical (unpaired) electrons. The zero-order valence-corrected chi connectivity index (χ0v) is 20.5. The van der Waals surface area contributed by atoms with E-state index < -0.39 is 6.29 Å². The van der Waals surface area contributed by atoms with Crippen LogP contribution in [-0.4, -0.2) is 36.4 Å². The van der Waals surface area contributed by atoms with E-state index in [0.717, 1.165) is 29.0 Å². The number of esters is 1. The van der Waals surface area contributed by atoms with Gasteiger partial charge in [-0.3, -0.25) is 4.79 Å². The zero-order chi connectivity index (χ0) is 25.1. The maximum atomic E-state index is 13.2. The van der Waals surface area contributed by atoms with E-state index in [1.165, 1.54) is 26.4 Å². The molecule has 2 aliphatic carbocycles. The average Bonchev–Trinajstić information content (AvgIpc) is 3.55. The lowest BCUT2D eigenvalue weighted by atomic mass is 9.91. The third kappa shape index (κ3) is 5.47. The summed E-state index contributed by atoms with van der Waals surface area (Å²) in [6, 6.07) is 15.0. The van der Waals surface area contributed by atoms with Crippen molar-refractivity contribution in [1.82, 2.24) is 5.32 Å². The maximum absolute atomic E-state index is 13.2. The summed E-state index contributed by atoms with van der Waals surface area (Å²) in [6.07, 6.45) is 6.52. The van der Waals surface area contributed by atoms with E-state index in [-0.39, 0.29) is 36.2 Å². The Kier molecular flexibility index (Phi) is 7.39. The van der Waals surface area contributed by atoms with Crippen LogP contribution in [0.25, 0.3) is 0 Å². The third-order valence-corrected chi connectivity index (χ3v) is 7.74. The normalized spacial score (nSPS) is 26.7. The standard InChI is InChI=1S/C29H33NO6/c1-34-29(33)22-10-8-21(9-11-22)24-14-26(28(32)30-25-13-20-6-7-23(25)12-20)36-27(15-24)35-17-19-4-2-18(16-31)3-5-19/h2-5,8-11,14,20,23-25,27,31H,6-7,12-13,15-17H2,1H3,(H,30,32)/t20?,23?,24-,25?,27+/m1/s1. The molecule has 2 aromatic rings. The molecule has 1 aliphatic heterocycles. The first-order chi connectivity index (χ1) is 17.5. The van der Waals surface area contributed by atoms with E-state index in [4.69, 9.17) is 14.2 Å². The minimum atomic E-state index is -0.599. The minimum Gasteiger partial charge on any atom is -0.465 e. The van der Waals surface area contributed by atoms with Gasteiger partial charge >= 0.3 is 5.97 Å². The van der Waals surface area contributed by atoms with Crippen molar-refractivity contribution in [2.45, 2.75) is 63.6 Å². The number of hydrogen-bond acceptors (Lipinski definition) is 6. The molecular weight excluding hydrogens is 458 g/mol. The van der Waals surface area contributed by atoms with E-state index >= 15 is 0 Å². The molecule has 3 aliphatic rings. The van der Waals surface area contributed by atoms with Gasteiger partial charge in [-0.2, -0.15) is 0 Å². The van der Waals surface area contributed by atoms with Crippen LogP contribution in [0.15, 0.2) is 60.4 Å². The van der Waals surface area contributed by atoms with Crippen molar-refractivity contribution in [2.75, 3.05) is 7.11 Å². The molecule has 2 fully saturated rings. The van der Waals surface area contributed by atoms with Crippen molar-refractivity contribution in [3.8, 4) is 0 Å². The van der Waals surface area contributed by atoms with Crippen molar-refractivity contribution < 1.29 is 28.9 Å². The Balaban J connectivity index is 1.31. The van der Waals surface area contributed by atoms with Crippen LogP contribution in [0.3, 0.4) is 0 Å². The second-order valence-corrected chi connectivity index (χ2v) is 10.1. The van der Waals surface area contributed by atoms with Crippen LogP contribution >= 0.6 is 0 Å². The summed E-state index contributed by atoms with van der Waals surface area (Å²) >= 11 is 0. The largest absolute Gasteiger partial charge is 0.465 e. The van der Waals surface area contributed by atoms with Gasteiger partial charge in [0.2, 0.25) is 6.29 Å². The highest BCUT2D eigenvalue weighted by atomic mass is 16.7. The molecule has 7 heteroatoms. The summed E-state index contributed by atoms with van der Waals surface area (Å²) in [7, 11) is 1.36. The Morgan fingerprint density at radius 1 is 1.00 bits per heavy atom. The Morgan fingerprint density at radius 3 is 2.39 bits per heavy atom. The Hall–Kier alpha value is -3.16. The van der Waals surface area contributed by atoms with Gasteiger partial charge in [0.25, 0.3) is 5.91 Å². The monoisotopic (exact) mass is 491 g/mol. The summed E-state index contributed by atoms with van der Waals surface area (Å²) in [5, 5.41) is 12.5. The first kappa shape index (κ1) is 24.5. The summed E-state index contributed by atoms with van der Waals surface area (Å²) in [5.41, 5.74) is 3.24. The second kappa shape index (κ2) is 10.8. The number of methoxy groups -OCH3 is 1. The van der Waals surface area contributed by atoms with Crippen LogP contribution in [0.2, 0.25) is 0 Å². The zero-order valence-electron chi connectivity index (χ0n) is 20.5. The summed E-state index contributed by atoms with van der Waals surface area (Å²) in [5.74, 6) is 0.905. The number of nitrogens with one attached hydrogen (secondary N) is 1. The number of carbonyl (C=O) groups excluding carboxylic acids is 2. The maximum Gasteiger partial charge on any atom is 0.337 e. The highest BCUT2D eigenvalue weighted by Gasteiger charge is 2.41. The predicted molar refractivity (Wildman–Crippen MR) is 133 cm³/mol. The number of rotatable bonds is 8. The molecule has 7 nitrogen and oxygen atoms in total. The third-order valence-electron chi connectivity index (χ3n) is 7.74. The number of carbonyl (C=O) groups is 2. The van der Waals surface area contributed by atoms with Crippen LogP contribution in [-0.2, 0) is 32.2 Å². The van der Waals surface area contributed by atoms with E-state index in [1.54, 1.807) is 12.1 Å². The fraction of sp³-hybridized carbons (Fsp3) is 0.448. The summed E-state index contributed by atoms with van der Waals surface area (Å²) in [6.45, 7) is 0.320. The summed E-state index contributed by atoms with van der Waals surface area (Å²) in [4.78, 5) is 25.1. The SMILES string of the molecule is COC(=O)c1ccc([C@@H]2C=C(C(=O)NC3CC4CCC3C4)O[C@H](OCc3ccc(CO)cc3)C2)cc1. The van der Waals surface area contributed by atoms with Crippen molar-refractivity contribution in [3.05, 3.63) is 82.6 Å². The molecule has 190 valence electrons. The Bertz CT molecular complexity index is 1110. The molecule has 3 unspecified atom stereocenters. The highest BCUT2D eigenvalue weighted by molar-refractivity contribution is 5.92. The molecule has 5 rings (SSSR count). The number of aliphatic hydroxyl groups is 1. The Labute approximate surface area is 211 Å². The van der Waals surface area contributed by atoms with Crippen molar-refractivity contribution >= 4 is 11.9 Å². The topological polar surface area (TPSA) is 94.1 Å². The molecule has 1 heterocycles. The molecule has 5 atom stereocenters. The number of hydrogen-bond donors (Lipinski definition) is 2. The lowest BCUT2D eigenvalue weighted by molar-refractivity contribution is -0.150. The average molecular weight is 492 g/mol. The van der Waals surface area contributed by atoms with Crippen LogP contribution in [0.5, 0.6) is 0 Å². The van der Waals surface area contributed by atoms with Crippen LogP contribution < -0.4 is 5.32 Å². The van der Waals surface area contributed by atoms with Gasteiger partial charge in [0.1, 0.15) is 0 Å². The van der Waals surface area contributed by atoms with Gasteiger partial charge in [0, 0.05) is 18.4 Å². The second-order valence-electron chi connectivity index (χ2n) is 10.1. The molecule has 0 spiro atoms. The molecule has 36 heavy (non-hydrogen) atoms. The van der Waals surface area contributed by atoms with Crippen molar-refractivity contribution in [3.63, 3.8) is 0 Å².